The fraction of sp³-hybridized carbons (Fsp3) is 0.400. The van der Waals surface area contributed by atoms with Gasteiger partial charge in [0.2, 0.25) is 0 Å². The summed E-state index contributed by atoms with van der Waals surface area (Å²) < 4.78 is 0. The molecule has 0 spiro atoms. The largest absolute Gasteiger partial charge is 0.508 e. The van der Waals surface area contributed by atoms with Crippen LogP contribution in [0.5, 0.6) is 23.0 Å². The molecule has 0 radical (unpaired) electrons. The van der Waals surface area contributed by atoms with Gasteiger partial charge >= 0.3 is 0 Å². The van der Waals surface area contributed by atoms with E-state index in [1.54, 1.807) is 18.2 Å². The highest BCUT2D eigenvalue weighted by molar-refractivity contribution is 5.57. The zero-order valence-electron chi connectivity index (χ0n) is 26.5. The summed E-state index contributed by atoms with van der Waals surface area (Å²) in [7, 11) is 0. The molecular formula is C40H48O4. The van der Waals surface area contributed by atoms with Gasteiger partial charge in [-0.15, -0.1) is 0 Å². The topological polar surface area (TPSA) is 80.9 Å². The van der Waals surface area contributed by atoms with Gasteiger partial charge in [0.1, 0.15) is 23.0 Å². The van der Waals surface area contributed by atoms with Crippen molar-refractivity contribution >= 4 is 0 Å². The van der Waals surface area contributed by atoms with Gasteiger partial charge in [0.15, 0.2) is 0 Å². The molecule has 2 aliphatic carbocycles. The molecule has 2 aliphatic rings. The van der Waals surface area contributed by atoms with Gasteiger partial charge in [0, 0.05) is 17.0 Å². The lowest BCUT2D eigenvalue weighted by atomic mass is 9.76. The molecule has 4 aromatic carbocycles. The summed E-state index contributed by atoms with van der Waals surface area (Å²) in [5, 5.41) is 41.5. The number of hydrogen-bond donors (Lipinski definition) is 4. The molecule has 0 saturated heterocycles. The molecule has 0 aliphatic heterocycles. The van der Waals surface area contributed by atoms with Crippen molar-refractivity contribution < 1.29 is 20.4 Å². The standard InChI is InChI=1S/C33H40O3.C7H8O/c1-21-17-31(35)29(19-27(21)23-9-5-3-6-10-23)33(25-13-15-26(34)16-14-25)30-20-28(22(2)18-32(30)36)24-11-7-4-8-12-24;1-6-4-2-3-5-7(6)8/h13-20,23-24,33-36H,3-12H2,1-2H3;2-5,8H,1H3. The smallest absolute Gasteiger partial charge is 0.120 e. The van der Waals surface area contributed by atoms with E-state index in [2.05, 4.69) is 26.0 Å². The summed E-state index contributed by atoms with van der Waals surface area (Å²) in [6.07, 6.45) is 12.4. The number of rotatable bonds is 5. The molecule has 2 saturated carbocycles. The first-order chi connectivity index (χ1) is 21.2. The first-order valence-electron chi connectivity index (χ1n) is 16.4. The Balaban J connectivity index is 0.000000418. The molecule has 0 atom stereocenters. The maximum absolute atomic E-state index is 11.3. The zero-order valence-corrected chi connectivity index (χ0v) is 26.5. The molecule has 0 unspecified atom stereocenters. The third kappa shape index (κ3) is 7.23. The minimum Gasteiger partial charge on any atom is -0.508 e. The summed E-state index contributed by atoms with van der Waals surface area (Å²) in [4.78, 5) is 0. The van der Waals surface area contributed by atoms with Crippen LogP contribution >= 0.6 is 0 Å². The molecule has 2 fully saturated rings. The van der Waals surface area contributed by atoms with Crippen LogP contribution in [-0.2, 0) is 0 Å². The quantitative estimate of drug-likeness (QED) is 0.174. The van der Waals surface area contributed by atoms with Crippen LogP contribution in [0.25, 0.3) is 0 Å². The number of phenols is 4. The summed E-state index contributed by atoms with van der Waals surface area (Å²) in [5.41, 5.74) is 8.48. The van der Waals surface area contributed by atoms with Gasteiger partial charge < -0.3 is 20.4 Å². The molecule has 0 amide bonds. The normalized spacial score (nSPS) is 16.0. The molecule has 0 heterocycles. The molecule has 232 valence electrons. The summed E-state index contributed by atoms with van der Waals surface area (Å²) in [6, 6.07) is 22.7. The van der Waals surface area contributed by atoms with E-state index >= 15 is 0 Å². The van der Waals surface area contributed by atoms with Crippen molar-refractivity contribution in [2.75, 3.05) is 0 Å². The Labute approximate surface area is 263 Å². The minimum atomic E-state index is -0.323. The summed E-state index contributed by atoms with van der Waals surface area (Å²) in [5.74, 6) is 1.83. The molecule has 6 rings (SSSR count). The highest BCUT2D eigenvalue weighted by Gasteiger charge is 2.28. The van der Waals surface area contributed by atoms with Gasteiger partial charge in [-0.3, -0.25) is 0 Å². The molecule has 44 heavy (non-hydrogen) atoms. The summed E-state index contributed by atoms with van der Waals surface area (Å²) >= 11 is 0. The van der Waals surface area contributed by atoms with Crippen molar-refractivity contribution in [3.8, 4) is 23.0 Å². The van der Waals surface area contributed by atoms with Crippen LogP contribution in [0.1, 0.15) is 126 Å². The van der Waals surface area contributed by atoms with Gasteiger partial charge in [-0.2, -0.15) is 0 Å². The maximum atomic E-state index is 11.3. The third-order valence-corrected chi connectivity index (χ3v) is 9.88. The van der Waals surface area contributed by atoms with Crippen molar-refractivity contribution in [3.63, 3.8) is 0 Å². The Morgan fingerprint density at radius 2 is 0.955 bits per heavy atom. The fourth-order valence-corrected chi connectivity index (χ4v) is 7.38. The Hall–Kier alpha value is -3.92. The third-order valence-electron chi connectivity index (χ3n) is 9.88. The number of benzene rings is 4. The Kier molecular flexibility index (Phi) is 10.2. The van der Waals surface area contributed by atoms with Crippen LogP contribution in [0, 0.1) is 20.8 Å². The lowest BCUT2D eigenvalue weighted by Crippen LogP contribution is -2.11. The average Bonchev–Trinajstić information content (AvgIpc) is 3.03. The predicted octanol–water partition coefficient (Wildman–Crippen LogP) is 10.4. The number of aromatic hydroxyl groups is 4. The van der Waals surface area contributed by atoms with Crippen LogP contribution in [0.2, 0.25) is 0 Å². The number of hydrogen-bond acceptors (Lipinski definition) is 4. The van der Waals surface area contributed by atoms with Gasteiger partial charge in [0.25, 0.3) is 0 Å². The van der Waals surface area contributed by atoms with Crippen LogP contribution in [-0.4, -0.2) is 20.4 Å². The maximum Gasteiger partial charge on any atom is 0.120 e. The fourth-order valence-electron chi connectivity index (χ4n) is 7.38. The molecule has 4 heteroatoms. The molecule has 4 N–H and O–H groups in total. The molecule has 4 aromatic rings. The van der Waals surface area contributed by atoms with Gasteiger partial charge in [-0.25, -0.2) is 0 Å². The van der Waals surface area contributed by atoms with E-state index in [4.69, 9.17) is 5.11 Å². The second-order valence-corrected chi connectivity index (χ2v) is 13.0. The van der Waals surface area contributed by atoms with Crippen molar-refractivity contribution in [2.24, 2.45) is 0 Å². The highest BCUT2D eigenvalue weighted by Crippen LogP contribution is 2.46. The lowest BCUT2D eigenvalue weighted by Gasteiger charge is -2.29. The lowest BCUT2D eigenvalue weighted by molar-refractivity contribution is 0.436. The SMILES string of the molecule is Cc1cc(O)c(C(c2ccc(O)cc2)c2cc(C3CCCCC3)c(C)cc2O)cc1C1CCCCC1.Cc1ccccc1O. The Morgan fingerprint density at radius 3 is 1.36 bits per heavy atom. The minimum absolute atomic E-state index is 0.213. The van der Waals surface area contributed by atoms with Crippen LogP contribution in [0.3, 0.4) is 0 Å². The first-order valence-corrected chi connectivity index (χ1v) is 16.4. The van der Waals surface area contributed by atoms with E-state index < -0.39 is 0 Å². The van der Waals surface area contributed by atoms with Crippen LogP contribution < -0.4 is 0 Å². The van der Waals surface area contributed by atoms with E-state index in [1.165, 1.54) is 75.3 Å². The van der Waals surface area contributed by atoms with Crippen molar-refractivity contribution in [3.05, 3.63) is 117 Å². The highest BCUT2D eigenvalue weighted by atomic mass is 16.3. The van der Waals surface area contributed by atoms with Crippen LogP contribution in [0.15, 0.2) is 72.8 Å². The molecular weight excluding hydrogens is 544 g/mol. The van der Waals surface area contributed by atoms with E-state index in [0.717, 1.165) is 33.4 Å². The molecule has 4 nitrogen and oxygen atoms in total. The number of para-hydroxylation sites is 1. The second kappa shape index (κ2) is 14.2. The van der Waals surface area contributed by atoms with E-state index in [1.807, 2.05) is 49.4 Å². The second-order valence-electron chi connectivity index (χ2n) is 13.0. The van der Waals surface area contributed by atoms with Crippen molar-refractivity contribution in [1.82, 2.24) is 0 Å². The van der Waals surface area contributed by atoms with Gasteiger partial charge in [-0.1, -0.05) is 81.0 Å². The van der Waals surface area contributed by atoms with E-state index in [-0.39, 0.29) is 23.2 Å². The number of aryl methyl sites for hydroxylation is 3. The molecule has 0 bridgehead atoms. The summed E-state index contributed by atoms with van der Waals surface area (Å²) in [6.45, 7) is 6.08. The van der Waals surface area contributed by atoms with Crippen molar-refractivity contribution in [2.45, 2.75) is 103 Å². The monoisotopic (exact) mass is 592 g/mol. The molecule has 0 aromatic heterocycles. The zero-order chi connectivity index (χ0) is 31.2. The average molecular weight is 593 g/mol. The van der Waals surface area contributed by atoms with E-state index in [0.29, 0.717) is 17.6 Å². The number of phenolic OH excluding ortho intramolecular Hbond substituents is 4. The predicted molar refractivity (Wildman–Crippen MR) is 179 cm³/mol. The Morgan fingerprint density at radius 1 is 0.500 bits per heavy atom. The first kappa shape index (κ1) is 31.5. The van der Waals surface area contributed by atoms with Gasteiger partial charge in [0.05, 0.1) is 0 Å². The van der Waals surface area contributed by atoms with Crippen LogP contribution in [0.4, 0.5) is 0 Å². The Bertz CT molecular complexity index is 1450. The van der Waals surface area contributed by atoms with Gasteiger partial charge in [-0.05, 0) is 122 Å². The van der Waals surface area contributed by atoms with E-state index in [9.17, 15) is 15.3 Å². The van der Waals surface area contributed by atoms with Crippen molar-refractivity contribution in [1.29, 1.82) is 0 Å².